The first kappa shape index (κ1) is 31.4. The van der Waals surface area contributed by atoms with Crippen molar-refractivity contribution < 1.29 is 19.7 Å². The molecule has 0 aliphatic carbocycles. The van der Waals surface area contributed by atoms with E-state index in [1.807, 2.05) is 97.1 Å². The molecule has 0 saturated heterocycles. The highest BCUT2D eigenvalue weighted by Gasteiger charge is 2.21. The quantitative estimate of drug-likeness (QED) is 0.151. The third-order valence-corrected chi connectivity index (χ3v) is 8.30. The molecule has 5 heterocycles. The third-order valence-electron chi connectivity index (χ3n) is 8.30. The molecule has 0 radical (unpaired) electrons. The molecular weight excluding hydrogens is 632 g/mol. The third kappa shape index (κ3) is 5.97. The van der Waals surface area contributed by atoms with Crippen molar-refractivity contribution >= 4 is 44.1 Å². The number of aromatic nitrogens is 8. The number of rotatable bonds is 7. The van der Waals surface area contributed by atoms with E-state index in [2.05, 4.69) is 9.97 Å². The lowest BCUT2D eigenvalue weighted by Crippen LogP contribution is -2.09. The molecule has 8 bridgehead atoms. The molecule has 4 aromatic carbocycles. The normalized spacial score (nSPS) is 11.6. The first-order chi connectivity index (χ1) is 24.7. The molecule has 0 atom stereocenters. The van der Waals surface area contributed by atoms with Gasteiger partial charge in [0.25, 0.3) is 0 Å². The smallest absolute Gasteiger partial charge is 0.164 e. The maximum absolute atomic E-state index is 8.26. The number of nitrogens with one attached hydrogen (secondary N) is 2. The predicted octanol–water partition coefficient (Wildman–Crippen LogP) is 5.87. The van der Waals surface area contributed by atoms with Gasteiger partial charge in [-0.2, -0.15) is 0 Å². The summed E-state index contributed by atoms with van der Waals surface area (Å²) in [7, 11) is 0. The van der Waals surface area contributed by atoms with Crippen LogP contribution in [0.15, 0.2) is 97.1 Å². The molecule has 0 unspecified atom stereocenters. The topological polar surface area (TPSA) is 168 Å². The van der Waals surface area contributed by atoms with Crippen LogP contribution in [0, 0.1) is 0 Å². The van der Waals surface area contributed by atoms with Gasteiger partial charge in [-0.05, 0) is 0 Å². The van der Waals surface area contributed by atoms with Crippen molar-refractivity contribution in [1.82, 2.24) is 39.9 Å². The van der Waals surface area contributed by atoms with E-state index in [-0.39, 0.29) is 13.2 Å². The van der Waals surface area contributed by atoms with Crippen LogP contribution >= 0.6 is 0 Å². The van der Waals surface area contributed by atoms with Gasteiger partial charge >= 0.3 is 0 Å². The first-order valence-electron chi connectivity index (χ1n) is 16.3. The van der Waals surface area contributed by atoms with Crippen molar-refractivity contribution in [3.8, 4) is 45.6 Å². The second-order valence-corrected chi connectivity index (χ2v) is 11.5. The minimum atomic E-state index is 0.0417. The molecule has 0 fully saturated rings. The molecule has 12 heteroatoms. The lowest BCUT2D eigenvalue weighted by Gasteiger charge is -2.01. The van der Waals surface area contributed by atoms with Crippen LogP contribution in [0.25, 0.3) is 89.7 Å². The summed E-state index contributed by atoms with van der Waals surface area (Å²) >= 11 is 0. The zero-order chi connectivity index (χ0) is 33.9. The van der Waals surface area contributed by atoms with Crippen LogP contribution in [0.4, 0.5) is 0 Å². The SMILES string of the molecule is OCCOCCOCCO.c1ccc2c(c1)-c1nc-2nc2[nH]c(nc3nc(nc4[nH]c(n1)c1ccccc41)-c1ccccc1-3)c1ccccc21. The van der Waals surface area contributed by atoms with Crippen LogP contribution in [-0.2, 0) is 9.47 Å². The summed E-state index contributed by atoms with van der Waals surface area (Å²) in [6.07, 6.45) is 0. The highest BCUT2D eigenvalue weighted by atomic mass is 16.5. The lowest BCUT2D eigenvalue weighted by atomic mass is 10.1. The van der Waals surface area contributed by atoms with Gasteiger partial charge in [0, 0.05) is 43.8 Å². The highest BCUT2D eigenvalue weighted by Crippen LogP contribution is 2.36. The van der Waals surface area contributed by atoms with Gasteiger partial charge in [-0.15, -0.1) is 0 Å². The van der Waals surface area contributed by atoms with E-state index in [9.17, 15) is 0 Å². The average Bonchev–Trinajstić information content (AvgIpc) is 3.89. The van der Waals surface area contributed by atoms with E-state index < -0.39 is 0 Å². The minimum absolute atomic E-state index is 0.0417. The van der Waals surface area contributed by atoms with Crippen LogP contribution in [0.5, 0.6) is 0 Å². The summed E-state index contributed by atoms with van der Waals surface area (Å²) in [5.41, 5.74) is 6.45. The molecule has 248 valence electrons. The van der Waals surface area contributed by atoms with Gasteiger partial charge in [0.15, 0.2) is 23.3 Å². The Morgan fingerprint density at radius 3 is 0.940 bits per heavy atom. The van der Waals surface area contributed by atoms with Crippen LogP contribution in [0.1, 0.15) is 0 Å². The molecule has 0 spiro atoms. The summed E-state index contributed by atoms with van der Waals surface area (Å²) in [4.78, 5) is 36.8. The maximum atomic E-state index is 8.26. The fraction of sp³-hybridized carbons (Fsp3) is 0.158. The van der Waals surface area contributed by atoms with E-state index in [4.69, 9.17) is 49.6 Å². The van der Waals surface area contributed by atoms with Crippen molar-refractivity contribution in [3.05, 3.63) is 97.1 Å². The van der Waals surface area contributed by atoms with E-state index in [0.29, 0.717) is 72.3 Å². The number of nitrogens with zero attached hydrogens (tertiary/aromatic N) is 6. The fourth-order valence-corrected chi connectivity index (χ4v) is 6.04. The Morgan fingerprint density at radius 1 is 0.380 bits per heavy atom. The fourth-order valence-electron chi connectivity index (χ4n) is 6.04. The Morgan fingerprint density at radius 2 is 0.660 bits per heavy atom. The molecule has 50 heavy (non-hydrogen) atoms. The Labute approximate surface area is 285 Å². The second kappa shape index (κ2) is 13.9. The average molecular weight is 665 g/mol. The Balaban J connectivity index is 0.000000318. The van der Waals surface area contributed by atoms with Gasteiger partial charge in [-0.25, -0.2) is 29.9 Å². The van der Waals surface area contributed by atoms with Gasteiger partial charge in [0.1, 0.15) is 22.6 Å². The second-order valence-electron chi connectivity index (χ2n) is 11.5. The molecule has 4 N–H and O–H groups in total. The van der Waals surface area contributed by atoms with Crippen molar-refractivity contribution in [2.24, 2.45) is 0 Å². The van der Waals surface area contributed by atoms with Crippen molar-refractivity contribution in [2.75, 3.05) is 39.6 Å². The molecule has 7 aromatic rings. The number of H-pyrrole nitrogens is 2. The maximum Gasteiger partial charge on any atom is 0.164 e. The number of ether oxygens (including phenoxy) is 2. The zero-order valence-corrected chi connectivity index (χ0v) is 26.9. The van der Waals surface area contributed by atoms with E-state index >= 15 is 0 Å². The summed E-state index contributed by atoms with van der Waals surface area (Å²) in [6.45, 7) is 1.73. The number of hydrogen-bond donors (Lipinski definition) is 4. The summed E-state index contributed by atoms with van der Waals surface area (Å²) < 4.78 is 9.75. The molecule has 2 aliphatic heterocycles. The van der Waals surface area contributed by atoms with Crippen LogP contribution in [-0.4, -0.2) is 89.7 Å². The number of fused-ring (bicyclic) bond motifs is 20. The Bertz CT molecular complexity index is 2180. The van der Waals surface area contributed by atoms with Crippen LogP contribution in [0.3, 0.4) is 0 Å². The summed E-state index contributed by atoms with van der Waals surface area (Å²) in [6, 6.07) is 32.2. The molecule has 2 aliphatic rings. The van der Waals surface area contributed by atoms with Gasteiger partial charge < -0.3 is 29.7 Å². The lowest BCUT2D eigenvalue weighted by molar-refractivity contribution is 0.0222. The van der Waals surface area contributed by atoms with Crippen molar-refractivity contribution in [1.29, 1.82) is 0 Å². The van der Waals surface area contributed by atoms with Crippen LogP contribution < -0.4 is 0 Å². The molecular formula is C38H32N8O4. The zero-order valence-electron chi connectivity index (χ0n) is 26.9. The van der Waals surface area contributed by atoms with E-state index in [1.54, 1.807) is 0 Å². The van der Waals surface area contributed by atoms with Gasteiger partial charge in [-0.1, -0.05) is 97.1 Å². The molecule has 0 amide bonds. The highest BCUT2D eigenvalue weighted by molar-refractivity contribution is 6.06. The number of aliphatic hydroxyl groups excluding tert-OH is 2. The number of benzene rings is 4. The van der Waals surface area contributed by atoms with Crippen molar-refractivity contribution in [3.63, 3.8) is 0 Å². The Kier molecular flexibility index (Phi) is 8.72. The molecule has 12 nitrogen and oxygen atoms in total. The standard InChI is InChI=1S/C32H18N8.C6H14O4/c1-2-10-18-17(9-1)25-33-26(18)38-28-21-13-5-6-14-22(21)30(35-28)40-32-24-16-8-7-15-23(24)31(36-32)39-29-20-12-4-3-11-19(20)27(34-29)37-25;7-1-3-9-5-6-10-4-2-8/h1-16H,(H2,33,34,35,36,37,38,39,40);7-8H,1-6H2. The Hall–Kier alpha value is -5.92. The molecule has 3 aromatic heterocycles. The first-order valence-corrected chi connectivity index (χ1v) is 16.3. The largest absolute Gasteiger partial charge is 0.394 e. The number of aromatic amines is 2. The monoisotopic (exact) mass is 664 g/mol. The van der Waals surface area contributed by atoms with Gasteiger partial charge in [-0.3, -0.25) is 0 Å². The van der Waals surface area contributed by atoms with Gasteiger partial charge in [0.2, 0.25) is 0 Å². The number of hydrogen-bond acceptors (Lipinski definition) is 10. The summed E-state index contributed by atoms with van der Waals surface area (Å²) in [5.74, 6) is 2.39. The van der Waals surface area contributed by atoms with Crippen molar-refractivity contribution in [2.45, 2.75) is 0 Å². The summed E-state index contributed by atoms with van der Waals surface area (Å²) in [5, 5.41) is 20.3. The van der Waals surface area contributed by atoms with E-state index in [1.165, 1.54) is 0 Å². The number of aliphatic hydroxyl groups is 2. The molecule has 9 rings (SSSR count). The van der Waals surface area contributed by atoms with Gasteiger partial charge in [0.05, 0.1) is 39.6 Å². The molecule has 0 saturated carbocycles. The van der Waals surface area contributed by atoms with E-state index in [0.717, 1.165) is 43.8 Å². The predicted molar refractivity (Wildman–Crippen MR) is 192 cm³/mol. The van der Waals surface area contributed by atoms with Crippen LogP contribution in [0.2, 0.25) is 0 Å². The minimum Gasteiger partial charge on any atom is -0.394 e.